The molecular weight excluding hydrogens is 286 g/mol. The van der Waals surface area contributed by atoms with E-state index in [1.165, 1.54) is 6.08 Å². The Hall–Kier alpha value is -2.89. The molecule has 6 heteroatoms. The molecule has 1 aliphatic heterocycles. The number of imide groups is 1. The van der Waals surface area contributed by atoms with Gasteiger partial charge in [-0.1, -0.05) is 30.4 Å². The van der Waals surface area contributed by atoms with Crippen molar-refractivity contribution < 1.29 is 24.0 Å². The summed E-state index contributed by atoms with van der Waals surface area (Å²) >= 11 is 0. The molecular formula is C16H15NO5. The van der Waals surface area contributed by atoms with E-state index in [4.69, 9.17) is 4.74 Å². The monoisotopic (exact) mass is 301 g/mol. The Morgan fingerprint density at radius 3 is 2.32 bits per heavy atom. The third-order valence-electron chi connectivity index (χ3n) is 2.93. The fraction of sp³-hybridized carbons (Fsp3) is 0.188. The van der Waals surface area contributed by atoms with Crippen LogP contribution in [0.2, 0.25) is 0 Å². The summed E-state index contributed by atoms with van der Waals surface area (Å²) in [6.45, 7) is 0. The highest BCUT2D eigenvalue weighted by molar-refractivity contribution is 6.02. The number of hydrogen-bond donors (Lipinski definition) is 0. The molecule has 1 aliphatic rings. The SMILES string of the molecule is COc1ccc(/C=C/C=C/C(=O)ON2C(=O)CCC2=O)cc1. The van der Waals surface area contributed by atoms with Gasteiger partial charge in [0.25, 0.3) is 11.8 Å². The lowest BCUT2D eigenvalue weighted by atomic mass is 10.2. The van der Waals surface area contributed by atoms with E-state index in [0.717, 1.165) is 17.4 Å². The Morgan fingerprint density at radius 1 is 1.09 bits per heavy atom. The number of amides is 2. The minimum Gasteiger partial charge on any atom is -0.497 e. The van der Waals surface area contributed by atoms with Crippen molar-refractivity contribution in [3.05, 3.63) is 48.1 Å². The maximum atomic E-state index is 11.5. The summed E-state index contributed by atoms with van der Waals surface area (Å²) in [6, 6.07) is 7.37. The second-order valence-corrected chi connectivity index (χ2v) is 4.48. The van der Waals surface area contributed by atoms with Crippen molar-refractivity contribution in [3.63, 3.8) is 0 Å². The Bertz CT molecular complexity index is 614. The van der Waals surface area contributed by atoms with Crippen LogP contribution in [0.1, 0.15) is 18.4 Å². The highest BCUT2D eigenvalue weighted by Crippen LogP contribution is 2.13. The molecule has 0 aliphatic carbocycles. The number of benzene rings is 1. The third kappa shape index (κ3) is 4.05. The molecule has 22 heavy (non-hydrogen) atoms. The zero-order valence-corrected chi connectivity index (χ0v) is 12.0. The number of carbonyl (C=O) groups excluding carboxylic acids is 3. The molecule has 0 N–H and O–H groups in total. The Labute approximate surface area is 127 Å². The van der Waals surface area contributed by atoms with Crippen LogP contribution in [0, 0.1) is 0 Å². The van der Waals surface area contributed by atoms with Crippen molar-refractivity contribution in [2.75, 3.05) is 7.11 Å². The highest BCUT2D eigenvalue weighted by atomic mass is 16.7. The largest absolute Gasteiger partial charge is 0.497 e. The Morgan fingerprint density at radius 2 is 1.73 bits per heavy atom. The standard InChI is InChI=1S/C16H15NO5/c1-21-13-8-6-12(7-9-13)4-2-3-5-16(20)22-17-14(18)10-11-15(17)19/h2-9H,10-11H2,1H3/b4-2+,5-3+. The number of hydrogen-bond acceptors (Lipinski definition) is 5. The Kier molecular flexibility index (Phi) is 5.08. The fourth-order valence-corrected chi connectivity index (χ4v) is 1.79. The van der Waals surface area contributed by atoms with Crippen molar-refractivity contribution in [1.82, 2.24) is 5.06 Å². The van der Waals surface area contributed by atoms with E-state index in [2.05, 4.69) is 4.84 Å². The minimum absolute atomic E-state index is 0.0766. The normalized spacial score (nSPS) is 15.0. The molecule has 0 saturated carbocycles. The zero-order chi connectivity index (χ0) is 15.9. The van der Waals surface area contributed by atoms with Crippen molar-refractivity contribution in [1.29, 1.82) is 0 Å². The van der Waals surface area contributed by atoms with Crippen molar-refractivity contribution in [3.8, 4) is 5.75 Å². The Balaban J connectivity index is 1.85. The first kappa shape index (κ1) is 15.5. The van der Waals surface area contributed by atoms with E-state index in [9.17, 15) is 14.4 Å². The zero-order valence-electron chi connectivity index (χ0n) is 12.0. The molecule has 6 nitrogen and oxygen atoms in total. The van der Waals surface area contributed by atoms with Gasteiger partial charge in [0.15, 0.2) is 0 Å². The van der Waals surface area contributed by atoms with E-state index >= 15 is 0 Å². The van der Waals surface area contributed by atoms with Crippen LogP contribution in [0.25, 0.3) is 6.08 Å². The molecule has 1 aromatic carbocycles. The summed E-state index contributed by atoms with van der Waals surface area (Å²) in [5, 5.41) is 0.514. The molecule has 1 aromatic rings. The van der Waals surface area contributed by atoms with E-state index in [-0.39, 0.29) is 12.8 Å². The average Bonchev–Trinajstić information content (AvgIpc) is 2.84. The van der Waals surface area contributed by atoms with Gasteiger partial charge in [0.2, 0.25) is 0 Å². The van der Waals surface area contributed by atoms with Crippen molar-refractivity contribution >= 4 is 23.9 Å². The van der Waals surface area contributed by atoms with Gasteiger partial charge >= 0.3 is 5.97 Å². The van der Waals surface area contributed by atoms with E-state index in [0.29, 0.717) is 5.06 Å². The van der Waals surface area contributed by atoms with Gasteiger partial charge in [-0.25, -0.2) is 4.79 Å². The van der Waals surface area contributed by atoms with Crippen LogP contribution < -0.4 is 4.74 Å². The van der Waals surface area contributed by atoms with E-state index in [1.54, 1.807) is 19.3 Å². The van der Waals surface area contributed by atoms with Gasteiger partial charge < -0.3 is 9.57 Å². The fourth-order valence-electron chi connectivity index (χ4n) is 1.79. The molecule has 1 fully saturated rings. The first-order chi connectivity index (χ1) is 10.6. The van der Waals surface area contributed by atoms with Crippen LogP contribution in [0.15, 0.2) is 42.5 Å². The van der Waals surface area contributed by atoms with E-state index in [1.807, 2.05) is 24.3 Å². The van der Waals surface area contributed by atoms with Gasteiger partial charge in [-0.3, -0.25) is 9.59 Å². The van der Waals surface area contributed by atoms with Crippen LogP contribution >= 0.6 is 0 Å². The summed E-state index contributed by atoms with van der Waals surface area (Å²) in [5.41, 5.74) is 0.934. The number of nitrogens with zero attached hydrogens (tertiary/aromatic N) is 1. The van der Waals surface area contributed by atoms with Gasteiger partial charge in [0, 0.05) is 18.9 Å². The summed E-state index contributed by atoms with van der Waals surface area (Å²) in [7, 11) is 1.59. The van der Waals surface area contributed by atoms with Crippen LogP contribution in [0.5, 0.6) is 5.75 Å². The topological polar surface area (TPSA) is 72.9 Å². The molecule has 0 atom stereocenters. The molecule has 0 aromatic heterocycles. The number of hydroxylamine groups is 2. The van der Waals surface area contributed by atoms with Crippen molar-refractivity contribution in [2.45, 2.75) is 12.8 Å². The van der Waals surface area contributed by atoms with Gasteiger partial charge in [0.1, 0.15) is 5.75 Å². The maximum absolute atomic E-state index is 11.5. The van der Waals surface area contributed by atoms with Gasteiger partial charge in [0.05, 0.1) is 7.11 Å². The molecule has 1 saturated heterocycles. The summed E-state index contributed by atoms with van der Waals surface area (Å²) in [4.78, 5) is 38.7. The van der Waals surface area contributed by atoms with Crippen LogP contribution in [0.3, 0.4) is 0 Å². The lowest BCUT2D eigenvalue weighted by molar-refractivity contribution is -0.193. The maximum Gasteiger partial charge on any atom is 0.356 e. The molecule has 0 bridgehead atoms. The number of allylic oxidation sites excluding steroid dienone is 2. The second kappa shape index (κ2) is 7.21. The number of methoxy groups -OCH3 is 1. The number of ether oxygens (including phenoxy) is 1. The molecule has 0 spiro atoms. The van der Waals surface area contributed by atoms with Crippen LogP contribution in [0.4, 0.5) is 0 Å². The van der Waals surface area contributed by atoms with Gasteiger partial charge in [-0.15, -0.1) is 5.06 Å². The first-order valence-corrected chi connectivity index (χ1v) is 6.66. The lowest BCUT2D eigenvalue weighted by Gasteiger charge is -2.10. The molecule has 0 unspecified atom stereocenters. The predicted molar refractivity (Wildman–Crippen MR) is 78.3 cm³/mol. The first-order valence-electron chi connectivity index (χ1n) is 6.66. The lowest BCUT2D eigenvalue weighted by Crippen LogP contribution is -2.31. The quantitative estimate of drug-likeness (QED) is 0.471. The van der Waals surface area contributed by atoms with Gasteiger partial charge in [-0.05, 0) is 17.7 Å². The van der Waals surface area contributed by atoms with E-state index < -0.39 is 17.8 Å². The number of rotatable bonds is 5. The third-order valence-corrected chi connectivity index (χ3v) is 2.93. The van der Waals surface area contributed by atoms with Crippen LogP contribution in [-0.2, 0) is 19.2 Å². The molecule has 114 valence electrons. The summed E-state index contributed by atoms with van der Waals surface area (Å²) in [6.07, 6.45) is 6.20. The van der Waals surface area contributed by atoms with Gasteiger partial charge in [-0.2, -0.15) is 0 Å². The smallest absolute Gasteiger partial charge is 0.356 e. The molecule has 2 rings (SSSR count). The average molecular weight is 301 g/mol. The van der Waals surface area contributed by atoms with Crippen molar-refractivity contribution in [2.24, 2.45) is 0 Å². The molecule has 0 radical (unpaired) electrons. The van der Waals surface area contributed by atoms with Crippen LogP contribution in [-0.4, -0.2) is 30.0 Å². The summed E-state index contributed by atoms with van der Waals surface area (Å²) < 4.78 is 5.05. The second-order valence-electron chi connectivity index (χ2n) is 4.48. The number of carbonyl (C=O) groups is 3. The molecule has 1 heterocycles. The highest BCUT2D eigenvalue weighted by Gasteiger charge is 2.32. The minimum atomic E-state index is -0.775. The summed E-state index contributed by atoms with van der Waals surface area (Å²) in [5.74, 6) is -1.01. The predicted octanol–water partition coefficient (Wildman–Crippen LogP) is 1.87. The molecule has 2 amide bonds.